The number of nitrogens with zero attached hydrogens (tertiary/aromatic N) is 4. The lowest BCUT2D eigenvalue weighted by Crippen LogP contribution is -2.33. The molecule has 0 aliphatic carbocycles. The van der Waals surface area contributed by atoms with E-state index in [2.05, 4.69) is 135 Å². The molecule has 8 rings (SSSR count). The lowest BCUT2D eigenvalue weighted by Gasteiger charge is -2.08. The fraction of sp³-hybridized carbons (Fsp3) is 0.100. The molecule has 5 aromatic carbocycles. The number of hydrogen-bond acceptors (Lipinski definition) is 4. The molecular formula is C40H34N4O3S. The molecule has 7 nitrogen and oxygen atoms in total. The van der Waals surface area contributed by atoms with Gasteiger partial charge in [-0.05, 0) is 49.6 Å². The maximum Gasteiger partial charge on any atom is 0.331 e. The Kier molecular flexibility index (Phi) is 8.59. The van der Waals surface area contributed by atoms with Crippen molar-refractivity contribution < 1.29 is 17.5 Å². The molecule has 8 aromatic rings. The summed E-state index contributed by atoms with van der Waals surface area (Å²) in [5, 5.41) is 0. The molecule has 3 aromatic heterocycles. The molecule has 0 spiro atoms. The van der Waals surface area contributed by atoms with Crippen LogP contribution in [0.1, 0.15) is 17.5 Å². The second-order valence-electron chi connectivity index (χ2n) is 11.7. The molecule has 0 bridgehead atoms. The highest BCUT2D eigenvalue weighted by Crippen LogP contribution is 2.31. The molecule has 0 fully saturated rings. The van der Waals surface area contributed by atoms with Gasteiger partial charge < -0.3 is 4.55 Å². The third kappa shape index (κ3) is 6.23. The predicted molar refractivity (Wildman–Crippen MR) is 189 cm³/mol. The van der Waals surface area contributed by atoms with E-state index in [1.165, 1.54) is 34.5 Å². The first-order chi connectivity index (χ1) is 23.4. The minimum atomic E-state index is -4.27. The second-order valence-corrected chi connectivity index (χ2v) is 13.1. The van der Waals surface area contributed by atoms with E-state index in [9.17, 15) is 13.0 Å². The van der Waals surface area contributed by atoms with Crippen LogP contribution in [0.3, 0.4) is 0 Å². The summed E-state index contributed by atoms with van der Waals surface area (Å²) in [6, 6.07) is 46.4. The molecule has 0 radical (unpaired) electrons. The number of imidazole rings is 2. The van der Waals surface area contributed by atoms with Gasteiger partial charge in [-0.15, -0.1) is 0 Å². The van der Waals surface area contributed by atoms with Gasteiger partial charge in [0, 0.05) is 11.1 Å². The van der Waals surface area contributed by atoms with E-state index >= 15 is 0 Å². The average molecular weight is 651 g/mol. The molecule has 0 saturated carbocycles. The number of hydrogen-bond donors (Lipinski definition) is 0. The molecular weight excluding hydrogens is 617 g/mol. The van der Waals surface area contributed by atoms with Crippen LogP contribution in [0.15, 0.2) is 157 Å². The summed E-state index contributed by atoms with van der Waals surface area (Å²) < 4.78 is 38.3. The fourth-order valence-corrected chi connectivity index (χ4v) is 6.65. The molecule has 0 saturated heterocycles. The Labute approximate surface area is 279 Å². The van der Waals surface area contributed by atoms with Gasteiger partial charge in [0.25, 0.3) is 0 Å². The normalized spacial score (nSPS) is 11.5. The molecule has 0 aliphatic heterocycles. The van der Waals surface area contributed by atoms with Crippen molar-refractivity contribution in [2.75, 3.05) is 0 Å². The topological polar surface area (TPSA) is 82.8 Å². The number of aryl methyl sites for hydroxylation is 3. The smallest absolute Gasteiger partial charge is 0.331 e. The van der Waals surface area contributed by atoms with E-state index in [0.29, 0.717) is 0 Å². The van der Waals surface area contributed by atoms with E-state index in [1.807, 2.05) is 13.1 Å². The van der Waals surface area contributed by atoms with E-state index in [0.717, 1.165) is 53.0 Å². The minimum Gasteiger partial charge on any atom is -0.744 e. The first kappa shape index (κ1) is 31.1. The van der Waals surface area contributed by atoms with Gasteiger partial charge in [0.05, 0.1) is 28.8 Å². The van der Waals surface area contributed by atoms with Crippen LogP contribution in [0.25, 0.3) is 44.8 Å². The Bertz CT molecular complexity index is 2440. The first-order valence-electron chi connectivity index (χ1n) is 15.9. The summed E-state index contributed by atoms with van der Waals surface area (Å²) in [6.07, 6.45) is 6.41. The van der Waals surface area contributed by atoms with Crippen molar-refractivity contribution in [3.63, 3.8) is 0 Å². The van der Waals surface area contributed by atoms with Crippen molar-refractivity contribution in [2.24, 2.45) is 0 Å². The molecule has 238 valence electrons. The Morgan fingerprint density at radius 2 is 1.21 bits per heavy atom. The van der Waals surface area contributed by atoms with E-state index in [1.54, 1.807) is 12.1 Å². The molecule has 0 atom stereocenters. The number of aromatic nitrogens is 4. The Hall–Kier alpha value is -5.57. The quantitative estimate of drug-likeness (QED) is 0.130. The van der Waals surface area contributed by atoms with Crippen molar-refractivity contribution in [1.29, 1.82) is 0 Å². The summed E-state index contributed by atoms with van der Waals surface area (Å²) in [5.41, 5.74) is 11.3. The summed E-state index contributed by atoms with van der Waals surface area (Å²) in [5.74, 6) is 0. The monoisotopic (exact) mass is 650 g/mol. The molecule has 3 heterocycles. The van der Waals surface area contributed by atoms with Gasteiger partial charge in [-0.25, -0.2) is 18.0 Å². The van der Waals surface area contributed by atoms with Crippen LogP contribution in [0, 0.1) is 6.92 Å². The zero-order valence-corrected chi connectivity index (χ0v) is 27.3. The summed E-state index contributed by atoms with van der Waals surface area (Å²) in [6.45, 7) is 2.73. The molecule has 48 heavy (non-hydrogen) atoms. The Balaban J connectivity index is 0.000000284. The highest BCUT2D eigenvalue weighted by Gasteiger charge is 2.27. The minimum absolute atomic E-state index is 0.178. The van der Waals surface area contributed by atoms with Crippen molar-refractivity contribution in [3.05, 3.63) is 163 Å². The maximum absolute atomic E-state index is 10.4. The van der Waals surface area contributed by atoms with Crippen molar-refractivity contribution in [1.82, 2.24) is 13.8 Å². The van der Waals surface area contributed by atoms with Gasteiger partial charge in [0.2, 0.25) is 5.65 Å². The molecule has 0 amide bonds. The van der Waals surface area contributed by atoms with Gasteiger partial charge in [0.1, 0.15) is 16.3 Å². The Morgan fingerprint density at radius 1 is 0.667 bits per heavy atom. The first-order valence-corrected chi connectivity index (χ1v) is 17.3. The van der Waals surface area contributed by atoms with Crippen LogP contribution in [-0.2, 0) is 23.1 Å². The summed E-state index contributed by atoms with van der Waals surface area (Å²) in [7, 11) is -4.27. The van der Waals surface area contributed by atoms with Crippen LogP contribution >= 0.6 is 0 Å². The zero-order valence-electron chi connectivity index (χ0n) is 26.5. The van der Waals surface area contributed by atoms with E-state index in [-0.39, 0.29) is 4.90 Å². The average Bonchev–Trinajstić information content (AvgIpc) is 3.73. The second kappa shape index (κ2) is 13.3. The van der Waals surface area contributed by atoms with Crippen molar-refractivity contribution in [2.45, 2.75) is 31.2 Å². The van der Waals surface area contributed by atoms with Crippen LogP contribution in [0.4, 0.5) is 0 Å². The summed E-state index contributed by atoms with van der Waals surface area (Å²) >= 11 is 0. The molecule has 8 heteroatoms. The number of fused-ring (bicyclic) bond motifs is 6. The van der Waals surface area contributed by atoms with Gasteiger partial charge in [-0.3, -0.25) is 4.40 Å². The Morgan fingerprint density at radius 3 is 1.81 bits per heavy atom. The van der Waals surface area contributed by atoms with Gasteiger partial charge in [-0.1, -0.05) is 121 Å². The van der Waals surface area contributed by atoms with Gasteiger partial charge in [0.15, 0.2) is 11.2 Å². The van der Waals surface area contributed by atoms with Crippen LogP contribution in [-0.4, -0.2) is 26.8 Å². The van der Waals surface area contributed by atoms with Crippen LogP contribution in [0.5, 0.6) is 0 Å². The standard InChI is InChI=1S/C33H27N4.C7H8O3S/c1-4-13-25(14-5-1)15-12-22-35-24-31(27-18-8-3-9-19-27)37-29-21-11-10-20-28(29)36-30(23-34-32(36)33(35)37)26-16-6-2-7-17-26;1-6-2-4-7(5-3-6)11(8,9)10/h1-11,13-14,16-21,23-24H,12,15,22H2;2-5H,1H3,(H,8,9,10)/q+1;/p-1. The van der Waals surface area contributed by atoms with Gasteiger partial charge in [-0.2, -0.15) is 4.40 Å². The van der Waals surface area contributed by atoms with E-state index < -0.39 is 10.1 Å². The largest absolute Gasteiger partial charge is 0.744 e. The van der Waals surface area contributed by atoms with Gasteiger partial charge >= 0.3 is 5.65 Å². The lowest BCUT2D eigenvalue weighted by molar-refractivity contribution is -0.670. The number of para-hydroxylation sites is 2. The number of rotatable bonds is 7. The maximum atomic E-state index is 10.4. The van der Waals surface area contributed by atoms with Crippen molar-refractivity contribution >= 4 is 32.4 Å². The van der Waals surface area contributed by atoms with Crippen LogP contribution < -0.4 is 4.57 Å². The third-order valence-electron chi connectivity index (χ3n) is 8.48. The number of benzene rings is 5. The zero-order chi connectivity index (χ0) is 33.1. The van der Waals surface area contributed by atoms with Crippen LogP contribution in [0.2, 0.25) is 0 Å². The lowest BCUT2D eigenvalue weighted by atomic mass is 10.1. The van der Waals surface area contributed by atoms with Crippen molar-refractivity contribution in [3.8, 4) is 22.5 Å². The highest BCUT2D eigenvalue weighted by molar-refractivity contribution is 7.85. The molecule has 0 unspecified atom stereocenters. The SMILES string of the molecule is Cc1ccc(S(=O)(=O)[O-])cc1.c1ccc(CCC[n+]2cc(-c3ccccc3)n3c4ccccc4n4c(-c5ccccc5)cnc4c32)cc1. The molecule has 0 aliphatic rings. The fourth-order valence-electron chi connectivity index (χ4n) is 6.18. The molecule has 0 N–H and O–H groups in total. The highest BCUT2D eigenvalue weighted by atomic mass is 32.2. The summed E-state index contributed by atoms with van der Waals surface area (Å²) in [4.78, 5) is 4.85. The predicted octanol–water partition coefficient (Wildman–Crippen LogP) is 7.89. The third-order valence-corrected chi connectivity index (χ3v) is 9.33. The van der Waals surface area contributed by atoms with E-state index in [4.69, 9.17) is 4.98 Å².